The fraction of sp³-hybridized carbons (Fsp3) is 0.333. The smallest absolute Gasteiger partial charge is 0.231 e. The summed E-state index contributed by atoms with van der Waals surface area (Å²) in [6.07, 6.45) is 4.38. The van der Waals surface area contributed by atoms with Crippen molar-refractivity contribution >= 4 is 11.6 Å². The van der Waals surface area contributed by atoms with E-state index in [9.17, 15) is 4.79 Å². The van der Waals surface area contributed by atoms with Crippen LogP contribution in [-0.2, 0) is 24.1 Å². The molecular formula is C18H18N2O. The molecule has 1 amide bonds. The first-order valence-electron chi connectivity index (χ1n) is 7.58. The molecule has 2 atom stereocenters. The van der Waals surface area contributed by atoms with Crippen LogP contribution in [0.25, 0.3) is 0 Å². The van der Waals surface area contributed by atoms with E-state index in [0.29, 0.717) is 0 Å². The largest absolute Gasteiger partial charge is 0.309 e. The lowest BCUT2D eigenvalue weighted by Gasteiger charge is -2.25. The zero-order valence-electron chi connectivity index (χ0n) is 12.1. The molecule has 21 heavy (non-hydrogen) atoms. The molecule has 0 N–H and O–H groups in total. The first-order valence-corrected chi connectivity index (χ1v) is 7.58. The van der Waals surface area contributed by atoms with Crippen molar-refractivity contribution in [2.75, 3.05) is 4.90 Å². The summed E-state index contributed by atoms with van der Waals surface area (Å²) >= 11 is 0. The number of hydrogen-bond donors (Lipinski definition) is 0. The highest BCUT2D eigenvalue weighted by molar-refractivity contribution is 5.98. The number of carbonyl (C=O) groups excluding carboxylic acids is 1. The molecule has 1 aromatic heterocycles. The van der Waals surface area contributed by atoms with Crippen LogP contribution in [-0.4, -0.2) is 16.9 Å². The Kier molecular flexibility index (Phi) is 2.81. The second-order valence-corrected chi connectivity index (χ2v) is 6.10. The van der Waals surface area contributed by atoms with Gasteiger partial charge in [0.25, 0.3) is 0 Å². The summed E-state index contributed by atoms with van der Waals surface area (Å²) in [5, 5.41) is 0. The lowest BCUT2D eigenvalue weighted by atomic mass is 10.0. The molecular weight excluding hydrogens is 260 g/mol. The minimum absolute atomic E-state index is 0.0449. The first-order chi connectivity index (χ1) is 10.2. The maximum Gasteiger partial charge on any atom is 0.231 e. The van der Waals surface area contributed by atoms with Gasteiger partial charge in [0.05, 0.1) is 0 Å². The van der Waals surface area contributed by atoms with E-state index in [4.69, 9.17) is 0 Å². The van der Waals surface area contributed by atoms with E-state index >= 15 is 0 Å². The average molecular weight is 278 g/mol. The Bertz CT molecular complexity index is 685. The van der Waals surface area contributed by atoms with E-state index in [0.717, 1.165) is 30.6 Å². The maximum atomic E-state index is 13.0. The van der Waals surface area contributed by atoms with Crippen molar-refractivity contribution in [2.45, 2.75) is 32.2 Å². The number of benzene rings is 1. The quantitative estimate of drug-likeness (QED) is 0.803. The molecule has 0 bridgehead atoms. The number of aromatic nitrogens is 1. The van der Waals surface area contributed by atoms with Crippen LogP contribution in [0.3, 0.4) is 0 Å². The fourth-order valence-electron chi connectivity index (χ4n) is 3.68. The molecule has 2 heterocycles. The standard InChI is InChI=1S/C18H18N2O/c1-12-9-14-5-2-3-7-17(14)20(12)18(21)15-10-13-6-4-8-19-16(13)11-15/h2-8,12,15H,9-11H2,1H3. The van der Waals surface area contributed by atoms with Gasteiger partial charge in [-0.1, -0.05) is 24.3 Å². The maximum absolute atomic E-state index is 13.0. The molecule has 1 aromatic carbocycles. The highest BCUT2D eigenvalue weighted by Gasteiger charge is 2.37. The second kappa shape index (κ2) is 4.69. The van der Waals surface area contributed by atoms with E-state index in [-0.39, 0.29) is 17.9 Å². The highest BCUT2D eigenvalue weighted by atomic mass is 16.2. The van der Waals surface area contributed by atoms with Crippen molar-refractivity contribution in [2.24, 2.45) is 5.92 Å². The Morgan fingerprint density at radius 2 is 1.90 bits per heavy atom. The van der Waals surface area contributed by atoms with Gasteiger partial charge in [-0.2, -0.15) is 0 Å². The summed E-state index contributed by atoms with van der Waals surface area (Å²) in [6, 6.07) is 12.6. The summed E-state index contributed by atoms with van der Waals surface area (Å²) < 4.78 is 0. The van der Waals surface area contributed by atoms with Crippen LogP contribution in [0.2, 0.25) is 0 Å². The highest BCUT2D eigenvalue weighted by Crippen LogP contribution is 2.35. The molecule has 0 radical (unpaired) electrons. The molecule has 3 nitrogen and oxygen atoms in total. The number of amides is 1. The lowest BCUT2D eigenvalue weighted by Crippen LogP contribution is -2.40. The van der Waals surface area contributed by atoms with E-state index in [1.807, 2.05) is 23.2 Å². The van der Waals surface area contributed by atoms with Crippen molar-refractivity contribution in [1.29, 1.82) is 0 Å². The molecule has 0 saturated heterocycles. The van der Waals surface area contributed by atoms with Gasteiger partial charge in [-0.15, -0.1) is 0 Å². The third-order valence-electron chi connectivity index (χ3n) is 4.68. The molecule has 2 aromatic rings. The van der Waals surface area contributed by atoms with E-state index in [1.165, 1.54) is 11.1 Å². The van der Waals surface area contributed by atoms with Crippen LogP contribution >= 0.6 is 0 Å². The number of nitrogens with zero attached hydrogens (tertiary/aromatic N) is 2. The van der Waals surface area contributed by atoms with E-state index in [2.05, 4.69) is 36.2 Å². The Morgan fingerprint density at radius 3 is 2.76 bits per heavy atom. The number of carbonyl (C=O) groups is 1. The topological polar surface area (TPSA) is 33.2 Å². The Labute approximate surface area is 124 Å². The van der Waals surface area contributed by atoms with Crippen LogP contribution in [0.1, 0.15) is 23.7 Å². The summed E-state index contributed by atoms with van der Waals surface area (Å²) in [5.74, 6) is 0.300. The molecule has 106 valence electrons. The van der Waals surface area contributed by atoms with Crippen LogP contribution < -0.4 is 4.90 Å². The zero-order chi connectivity index (χ0) is 14.4. The Morgan fingerprint density at radius 1 is 1.10 bits per heavy atom. The lowest BCUT2D eigenvalue weighted by molar-refractivity contribution is -0.122. The molecule has 1 aliphatic carbocycles. The molecule has 0 spiro atoms. The van der Waals surface area contributed by atoms with Gasteiger partial charge in [0.1, 0.15) is 0 Å². The van der Waals surface area contributed by atoms with Gasteiger partial charge in [0, 0.05) is 36.0 Å². The zero-order valence-corrected chi connectivity index (χ0v) is 12.1. The van der Waals surface area contributed by atoms with Gasteiger partial charge in [0.2, 0.25) is 5.91 Å². The number of fused-ring (bicyclic) bond motifs is 2. The van der Waals surface area contributed by atoms with Crippen molar-refractivity contribution in [1.82, 2.24) is 4.98 Å². The third kappa shape index (κ3) is 1.96. The molecule has 1 aliphatic heterocycles. The summed E-state index contributed by atoms with van der Waals surface area (Å²) in [6.45, 7) is 2.14. The van der Waals surface area contributed by atoms with Crippen molar-refractivity contribution in [3.05, 3.63) is 59.4 Å². The van der Waals surface area contributed by atoms with Gasteiger partial charge in [-0.3, -0.25) is 9.78 Å². The summed E-state index contributed by atoms with van der Waals surface area (Å²) in [5.41, 5.74) is 4.71. The number of hydrogen-bond acceptors (Lipinski definition) is 2. The fourth-order valence-corrected chi connectivity index (χ4v) is 3.68. The normalized spacial score (nSPS) is 23.0. The van der Waals surface area contributed by atoms with E-state index in [1.54, 1.807) is 0 Å². The predicted octanol–water partition coefficient (Wildman–Crippen LogP) is 2.77. The predicted molar refractivity (Wildman–Crippen MR) is 82.2 cm³/mol. The van der Waals surface area contributed by atoms with Crippen LogP contribution in [0, 0.1) is 5.92 Å². The second-order valence-electron chi connectivity index (χ2n) is 6.10. The van der Waals surface area contributed by atoms with Gasteiger partial charge in [-0.25, -0.2) is 0 Å². The number of pyridine rings is 1. The van der Waals surface area contributed by atoms with Gasteiger partial charge in [0.15, 0.2) is 0 Å². The molecule has 0 fully saturated rings. The number of rotatable bonds is 1. The van der Waals surface area contributed by atoms with Crippen LogP contribution in [0.5, 0.6) is 0 Å². The summed E-state index contributed by atoms with van der Waals surface area (Å²) in [4.78, 5) is 19.4. The van der Waals surface area contributed by atoms with Crippen LogP contribution in [0.15, 0.2) is 42.6 Å². The third-order valence-corrected chi connectivity index (χ3v) is 4.68. The molecule has 3 heteroatoms. The van der Waals surface area contributed by atoms with Crippen molar-refractivity contribution < 1.29 is 4.79 Å². The average Bonchev–Trinajstić information content (AvgIpc) is 3.06. The number of para-hydroxylation sites is 1. The minimum Gasteiger partial charge on any atom is -0.309 e. The summed E-state index contributed by atoms with van der Waals surface area (Å²) in [7, 11) is 0. The van der Waals surface area contributed by atoms with E-state index < -0.39 is 0 Å². The minimum atomic E-state index is 0.0449. The molecule has 2 aliphatic rings. The first kappa shape index (κ1) is 12.6. The Hall–Kier alpha value is -2.16. The Balaban J connectivity index is 1.62. The van der Waals surface area contributed by atoms with Crippen molar-refractivity contribution in [3.8, 4) is 0 Å². The molecule has 4 rings (SSSR count). The van der Waals surface area contributed by atoms with Gasteiger partial charge in [-0.05, 0) is 43.0 Å². The molecule has 2 unspecified atom stereocenters. The number of anilines is 1. The van der Waals surface area contributed by atoms with Crippen molar-refractivity contribution in [3.63, 3.8) is 0 Å². The molecule has 0 saturated carbocycles. The monoisotopic (exact) mass is 278 g/mol. The van der Waals surface area contributed by atoms with Gasteiger partial charge < -0.3 is 4.90 Å². The van der Waals surface area contributed by atoms with Gasteiger partial charge >= 0.3 is 0 Å². The van der Waals surface area contributed by atoms with Crippen LogP contribution in [0.4, 0.5) is 5.69 Å². The SMILES string of the molecule is CC1Cc2ccccc2N1C(=O)C1Cc2cccnc2C1.